The van der Waals surface area contributed by atoms with Crippen LogP contribution in [0, 0.1) is 17.8 Å². The first-order valence-electron chi connectivity index (χ1n) is 7.69. The summed E-state index contributed by atoms with van der Waals surface area (Å²) in [6, 6.07) is 4.38. The van der Waals surface area contributed by atoms with Gasteiger partial charge in [-0.3, -0.25) is 0 Å². The van der Waals surface area contributed by atoms with Crippen LogP contribution >= 0.6 is 0 Å². The maximum atomic E-state index is 5.65. The van der Waals surface area contributed by atoms with Crippen molar-refractivity contribution in [2.45, 2.75) is 25.3 Å². The maximum absolute atomic E-state index is 5.65. The van der Waals surface area contributed by atoms with Crippen molar-refractivity contribution in [3.8, 4) is 17.2 Å². The summed E-state index contributed by atoms with van der Waals surface area (Å²) in [6.45, 7) is 0. The quantitative estimate of drug-likeness (QED) is 0.874. The van der Waals surface area contributed by atoms with Gasteiger partial charge in [0, 0.05) is 11.6 Å². The molecule has 1 N–H and O–H groups in total. The first kappa shape index (κ1) is 14.5. The SMILES string of the molecule is CNC(c1ccc(OC)c(OC)c1OC)C1CC2CC2C1. The van der Waals surface area contributed by atoms with Gasteiger partial charge in [0.25, 0.3) is 0 Å². The predicted molar refractivity (Wildman–Crippen MR) is 82.2 cm³/mol. The number of benzene rings is 1. The molecule has 4 nitrogen and oxygen atoms in total. The number of ether oxygens (including phenoxy) is 3. The summed E-state index contributed by atoms with van der Waals surface area (Å²) in [5.74, 6) is 4.81. The van der Waals surface area contributed by atoms with E-state index in [9.17, 15) is 0 Å². The van der Waals surface area contributed by atoms with Crippen molar-refractivity contribution < 1.29 is 14.2 Å². The highest BCUT2D eigenvalue weighted by molar-refractivity contribution is 5.56. The van der Waals surface area contributed by atoms with Crippen LogP contribution in [0.2, 0.25) is 0 Å². The molecular formula is C17H25NO3. The molecule has 4 heteroatoms. The van der Waals surface area contributed by atoms with Crippen molar-refractivity contribution in [1.82, 2.24) is 5.32 Å². The monoisotopic (exact) mass is 291 g/mol. The van der Waals surface area contributed by atoms with Crippen molar-refractivity contribution in [3.05, 3.63) is 17.7 Å². The van der Waals surface area contributed by atoms with Crippen molar-refractivity contribution in [2.75, 3.05) is 28.4 Å². The standard InChI is InChI=1S/C17H25NO3/c1-18-15(12-8-10-7-11(10)9-12)13-5-6-14(19-2)17(21-4)16(13)20-3/h5-6,10-12,15,18H,7-9H2,1-4H3. The molecule has 0 amide bonds. The molecule has 21 heavy (non-hydrogen) atoms. The van der Waals surface area contributed by atoms with Gasteiger partial charge in [0.2, 0.25) is 5.75 Å². The molecule has 0 aliphatic heterocycles. The fourth-order valence-electron chi connectivity index (χ4n) is 4.05. The first-order chi connectivity index (χ1) is 10.2. The Morgan fingerprint density at radius 1 is 0.952 bits per heavy atom. The topological polar surface area (TPSA) is 39.7 Å². The smallest absolute Gasteiger partial charge is 0.203 e. The third-order valence-corrected chi connectivity index (χ3v) is 5.13. The number of nitrogens with one attached hydrogen (secondary N) is 1. The van der Waals surface area contributed by atoms with Gasteiger partial charge in [0.05, 0.1) is 21.3 Å². The molecule has 3 unspecified atom stereocenters. The summed E-state index contributed by atoms with van der Waals surface area (Å²) < 4.78 is 16.5. The lowest BCUT2D eigenvalue weighted by molar-refractivity contribution is 0.307. The lowest BCUT2D eigenvalue weighted by Gasteiger charge is -2.27. The Labute approximate surface area is 126 Å². The predicted octanol–water partition coefficient (Wildman–Crippen LogP) is 3.02. The summed E-state index contributed by atoms with van der Waals surface area (Å²) >= 11 is 0. The number of fused-ring (bicyclic) bond motifs is 1. The molecule has 3 rings (SSSR count). The molecule has 2 aliphatic rings. The van der Waals surface area contributed by atoms with E-state index in [-0.39, 0.29) is 0 Å². The van der Waals surface area contributed by atoms with E-state index >= 15 is 0 Å². The summed E-state index contributed by atoms with van der Waals surface area (Å²) in [4.78, 5) is 0. The van der Waals surface area contributed by atoms with Crippen LogP contribution in [-0.2, 0) is 0 Å². The minimum absolute atomic E-state index is 0.313. The number of hydrogen-bond donors (Lipinski definition) is 1. The average molecular weight is 291 g/mol. The zero-order chi connectivity index (χ0) is 15.0. The molecule has 2 fully saturated rings. The van der Waals surface area contributed by atoms with Crippen molar-refractivity contribution in [2.24, 2.45) is 17.8 Å². The summed E-state index contributed by atoms with van der Waals surface area (Å²) in [7, 11) is 7.03. The fourth-order valence-corrected chi connectivity index (χ4v) is 4.05. The molecule has 1 aromatic rings. The summed E-state index contributed by atoms with van der Waals surface area (Å²) in [6.07, 6.45) is 4.09. The second kappa shape index (κ2) is 5.76. The Morgan fingerprint density at radius 2 is 1.62 bits per heavy atom. The minimum Gasteiger partial charge on any atom is -0.493 e. The van der Waals surface area contributed by atoms with Gasteiger partial charge in [-0.2, -0.15) is 0 Å². The van der Waals surface area contributed by atoms with Gasteiger partial charge in [0.1, 0.15) is 0 Å². The second-order valence-electron chi connectivity index (χ2n) is 6.18. The first-order valence-corrected chi connectivity index (χ1v) is 7.69. The summed E-state index contributed by atoms with van der Waals surface area (Å²) in [5, 5.41) is 3.49. The van der Waals surface area contributed by atoms with Crippen molar-refractivity contribution in [3.63, 3.8) is 0 Å². The Kier molecular flexibility index (Phi) is 3.98. The Bertz CT molecular complexity index is 507. The molecule has 2 saturated carbocycles. The molecule has 0 aromatic heterocycles. The van der Waals surface area contributed by atoms with Crippen LogP contribution in [0.4, 0.5) is 0 Å². The van der Waals surface area contributed by atoms with Crippen molar-refractivity contribution >= 4 is 0 Å². The molecular weight excluding hydrogens is 266 g/mol. The summed E-state index contributed by atoms with van der Waals surface area (Å²) in [5.41, 5.74) is 1.17. The van der Waals surface area contributed by atoms with E-state index in [1.165, 1.54) is 24.8 Å². The Hall–Kier alpha value is -1.42. The lowest BCUT2D eigenvalue weighted by Crippen LogP contribution is -2.25. The van der Waals surface area contributed by atoms with Gasteiger partial charge in [0.15, 0.2) is 11.5 Å². The van der Waals surface area contributed by atoms with Crippen LogP contribution in [0.1, 0.15) is 30.9 Å². The van der Waals surface area contributed by atoms with Gasteiger partial charge in [-0.05, 0) is 56.2 Å². The molecule has 0 saturated heterocycles. The highest BCUT2D eigenvalue weighted by atomic mass is 16.5. The van der Waals surface area contributed by atoms with Crippen LogP contribution in [0.15, 0.2) is 12.1 Å². The molecule has 0 heterocycles. The zero-order valence-corrected chi connectivity index (χ0v) is 13.3. The zero-order valence-electron chi connectivity index (χ0n) is 13.3. The van der Waals surface area contributed by atoms with Crippen LogP contribution in [0.3, 0.4) is 0 Å². The van der Waals surface area contributed by atoms with Crippen LogP contribution < -0.4 is 19.5 Å². The third-order valence-electron chi connectivity index (χ3n) is 5.13. The number of methoxy groups -OCH3 is 3. The maximum Gasteiger partial charge on any atom is 0.203 e. The Morgan fingerprint density at radius 3 is 2.14 bits per heavy atom. The third kappa shape index (κ3) is 2.46. The lowest BCUT2D eigenvalue weighted by atomic mass is 9.88. The Balaban J connectivity index is 1.95. The van der Waals surface area contributed by atoms with Gasteiger partial charge >= 0.3 is 0 Å². The molecule has 2 aliphatic carbocycles. The van der Waals surface area contributed by atoms with E-state index in [4.69, 9.17) is 14.2 Å². The van der Waals surface area contributed by atoms with E-state index < -0.39 is 0 Å². The average Bonchev–Trinajstić information content (AvgIpc) is 3.13. The van der Waals surface area contributed by atoms with E-state index in [0.29, 0.717) is 23.5 Å². The number of rotatable bonds is 6. The van der Waals surface area contributed by atoms with Gasteiger partial charge in [-0.25, -0.2) is 0 Å². The molecule has 0 spiro atoms. The van der Waals surface area contributed by atoms with E-state index in [0.717, 1.165) is 17.6 Å². The molecule has 116 valence electrons. The molecule has 1 aromatic carbocycles. The fraction of sp³-hybridized carbons (Fsp3) is 0.647. The molecule has 3 atom stereocenters. The van der Waals surface area contributed by atoms with Crippen LogP contribution in [-0.4, -0.2) is 28.4 Å². The van der Waals surface area contributed by atoms with Crippen LogP contribution in [0.5, 0.6) is 17.2 Å². The highest BCUT2D eigenvalue weighted by Crippen LogP contribution is 2.58. The molecule has 0 radical (unpaired) electrons. The van der Waals surface area contributed by atoms with E-state index in [2.05, 4.69) is 11.4 Å². The largest absolute Gasteiger partial charge is 0.493 e. The van der Waals surface area contributed by atoms with Crippen LogP contribution in [0.25, 0.3) is 0 Å². The normalized spacial score (nSPS) is 27.9. The second-order valence-corrected chi connectivity index (χ2v) is 6.18. The number of hydrogen-bond acceptors (Lipinski definition) is 4. The minimum atomic E-state index is 0.313. The van der Waals surface area contributed by atoms with E-state index in [1.807, 2.05) is 13.1 Å². The van der Waals surface area contributed by atoms with Gasteiger partial charge < -0.3 is 19.5 Å². The highest BCUT2D eigenvalue weighted by Gasteiger charge is 2.48. The van der Waals surface area contributed by atoms with Gasteiger partial charge in [-0.1, -0.05) is 0 Å². The van der Waals surface area contributed by atoms with E-state index in [1.54, 1.807) is 21.3 Å². The van der Waals surface area contributed by atoms with Gasteiger partial charge in [-0.15, -0.1) is 0 Å². The van der Waals surface area contributed by atoms with Crippen molar-refractivity contribution in [1.29, 1.82) is 0 Å². The molecule has 0 bridgehead atoms.